The van der Waals surface area contributed by atoms with E-state index in [0.29, 0.717) is 10.9 Å². The highest BCUT2D eigenvalue weighted by Gasteiger charge is 2.37. The molecule has 1 N–H and O–H groups in total. The quantitative estimate of drug-likeness (QED) is 0.635. The van der Waals surface area contributed by atoms with E-state index in [1.165, 1.54) is 6.42 Å². The van der Waals surface area contributed by atoms with E-state index < -0.39 is 0 Å². The smallest absolute Gasteiger partial charge is 0.274 e. The van der Waals surface area contributed by atoms with Gasteiger partial charge < -0.3 is 5.32 Å². The number of benzene rings is 1. The zero-order valence-corrected chi connectivity index (χ0v) is 15.1. The van der Waals surface area contributed by atoms with Gasteiger partial charge in [-0.2, -0.15) is 0 Å². The number of hydrogen-bond acceptors (Lipinski definition) is 4. The van der Waals surface area contributed by atoms with E-state index in [2.05, 4.69) is 10.2 Å². The Morgan fingerprint density at radius 3 is 2.43 bits per heavy atom. The van der Waals surface area contributed by atoms with E-state index in [9.17, 15) is 10.1 Å². The minimum Gasteiger partial charge on any atom is -0.314 e. The van der Waals surface area contributed by atoms with Crippen molar-refractivity contribution >= 4 is 42.1 Å². The fourth-order valence-corrected chi connectivity index (χ4v) is 3.57. The summed E-state index contributed by atoms with van der Waals surface area (Å²) in [5.41, 5.74) is 0.994. The van der Waals surface area contributed by atoms with Crippen LogP contribution >= 0.6 is 36.4 Å². The number of nitro benzene ring substituents is 1. The molecule has 1 saturated carbocycles. The van der Waals surface area contributed by atoms with Gasteiger partial charge in [-0.3, -0.25) is 15.0 Å². The monoisotopic (exact) mass is 381 g/mol. The molecule has 130 valence electrons. The fraction of sp³-hybridized carbons (Fsp3) is 0.600. The molecule has 0 bridgehead atoms. The summed E-state index contributed by atoms with van der Waals surface area (Å²) in [6.07, 6.45) is 3.53. The van der Waals surface area contributed by atoms with Crippen molar-refractivity contribution in [2.45, 2.75) is 25.3 Å². The van der Waals surface area contributed by atoms with Gasteiger partial charge in [0.25, 0.3) is 5.69 Å². The molecule has 1 saturated heterocycles. The van der Waals surface area contributed by atoms with Crippen LogP contribution in [0.5, 0.6) is 0 Å². The Balaban J connectivity index is 0.00000132. The first-order valence-electron chi connectivity index (χ1n) is 7.55. The average Bonchev–Trinajstić information content (AvgIpc) is 2.43. The van der Waals surface area contributed by atoms with E-state index in [-0.39, 0.29) is 41.5 Å². The number of nitrogens with zero attached hydrogens (tertiary/aromatic N) is 2. The topological polar surface area (TPSA) is 58.4 Å². The van der Waals surface area contributed by atoms with Crippen molar-refractivity contribution in [3.63, 3.8) is 0 Å². The molecule has 0 unspecified atom stereocenters. The summed E-state index contributed by atoms with van der Waals surface area (Å²) >= 11 is 6.12. The Morgan fingerprint density at radius 1 is 1.26 bits per heavy atom. The van der Waals surface area contributed by atoms with Gasteiger partial charge in [-0.1, -0.05) is 18.0 Å². The molecule has 1 aromatic carbocycles. The summed E-state index contributed by atoms with van der Waals surface area (Å²) in [6, 6.07) is 5.08. The zero-order chi connectivity index (χ0) is 14.8. The van der Waals surface area contributed by atoms with Crippen molar-refractivity contribution in [2.75, 3.05) is 26.2 Å². The number of halogens is 3. The molecular weight excluding hydrogens is 361 g/mol. The highest BCUT2D eigenvalue weighted by Crippen LogP contribution is 2.44. The molecule has 1 atom stereocenters. The third-order valence-corrected chi connectivity index (χ3v) is 4.88. The Kier molecular flexibility index (Phi) is 8.04. The number of nitro groups is 1. The minimum absolute atomic E-state index is 0. The fourth-order valence-electron chi connectivity index (χ4n) is 3.39. The Hall–Kier alpha value is -0.590. The second-order valence-corrected chi connectivity index (χ2v) is 6.32. The maximum atomic E-state index is 11.4. The van der Waals surface area contributed by atoms with Crippen LogP contribution in [0, 0.1) is 16.0 Å². The van der Waals surface area contributed by atoms with E-state index in [1.54, 1.807) is 18.2 Å². The van der Waals surface area contributed by atoms with Gasteiger partial charge in [0.15, 0.2) is 0 Å². The molecule has 1 aromatic rings. The van der Waals surface area contributed by atoms with Gasteiger partial charge in [0.05, 0.1) is 4.92 Å². The van der Waals surface area contributed by atoms with E-state index in [4.69, 9.17) is 11.6 Å². The summed E-state index contributed by atoms with van der Waals surface area (Å²) in [5, 5.41) is 15.3. The summed E-state index contributed by atoms with van der Waals surface area (Å²) in [6.45, 7) is 3.75. The van der Waals surface area contributed by atoms with Crippen molar-refractivity contribution in [2.24, 2.45) is 5.92 Å². The molecule has 0 spiro atoms. The lowest BCUT2D eigenvalue weighted by Gasteiger charge is -2.43. The van der Waals surface area contributed by atoms with Gasteiger partial charge >= 0.3 is 0 Å². The Morgan fingerprint density at radius 2 is 1.91 bits per heavy atom. The van der Waals surface area contributed by atoms with Gasteiger partial charge in [0, 0.05) is 48.9 Å². The lowest BCUT2D eigenvalue weighted by atomic mass is 9.76. The molecule has 23 heavy (non-hydrogen) atoms. The standard InChI is InChI=1S/C15H20ClN3O2.2ClH/c16-12-4-5-14(19(20)21)13(10-12)15(11-2-1-3-11)18-8-6-17-7-9-18;;/h4-5,10-11,15,17H,1-3,6-9H2;2*1H/t15-;;/m1../s1. The van der Waals surface area contributed by atoms with Gasteiger partial charge in [-0.05, 0) is 30.9 Å². The molecule has 2 fully saturated rings. The van der Waals surface area contributed by atoms with Gasteiger partial charge in [0.1, 0.15) is 0 Å². The van der Waals surface area contributed by atoms with Crippen LogP contribution in [0.15, 0.2) is 18.2 Å². The van der Waals surface area contributed by atoms with Gasteiger partial charge in [-0.15, -0.1) is 24.8 Å². The number of piperazine rings is 1. The minimum atomic E-state index is -0.278. The first kappa shape index (κ1) is 20.5. The van der Waals surface area contributed by atoms with Crippen LogP contribution in [0.25, 0.3) is 0 Å². The van der Waals surface area contributed by atoms with Crippen LogP contribution < -0.4 is 5.32 Å². The molecule has 2 aliphatic rings. The molecule has 1 aliphatic heterocycles. The maximum absolute atomic E-state index is 11.4. The van der Waals surface area contributed by atoms with Crippen LogP contribution in [0.3, 0.4) is 0 Å². The van der Waals surface area contributed by atoms with E-state index in [0.717, 1.165) is 44.6 Å². The van der Waals surface area contributed by atoms with Crippen LogP contribution in [0.1, 0.15) is 30.9 Å². The highest BCUT2D eigenvalue weighted by molar-refractivity contribution is 6.30. The highest BCUT2D eigenvalue weighted by atomic mass is 35.5. The maximum Gasteiger partial charge on any atom is 0.274 e. The van der Waals surface area contributed by atoms with Crippen molar-refractivity contribution in [1.82, 2.24) is 10.2 Å². The SMILES string of the molecule is Cl.Cl.O=[N+]([O-])c1ccc(Cl)cc1[C@@H](C1CCC1)N1CCNCC1. The number of nitrogens with one attached hydrogen (secondary N) is 1. The molecule has 0 amide bonds. The van der Waals surface area contributed by atoms with Crippen LogP contribution in [-0.4, -0.2) is 36.0 Å². The van der Waals surface area contributed by atoms with Gasteiger partial charge in [0.2, 0.25) is 0 Å². The van der Waals surface area contributed by atoms with Crippen LogP contribution in [-0.2, 0) is 0 Å². The van der Waals surface area contributed by atoms with Crippen LogP contribution in [0.4, 0.5) is 5.69 Å². The van der Waals surface area contributed by atoms with E-state index in [1.807, 2.05) is 0 Å². The summed E-state index contributed by atoms with van der Waals surface area (Å²) in [7, 11) is 0. The second kappa shape index (κ2) is 9.04. The predicted octanol–water partition coefficient (Wildman–Crippen LogP) is 3.84. The first-order valence-corrected chi connectivity index (χ1v) is 7.93. The van der Waals surface area contributed by atoms with Crippen molar-refractivity contribution in [3.05, 3.63) is 38.9 Å². The third-order valence-electron chi connectivity index (χ3n) is 4.65. The second-order valence-electron chi connectivity index (χ2n) is 5.88. The molecule has 0 aromatic heterocycles. The molecule has 5 nitrogen and oxygen atoms in total. The average molecular weight is 383 g/mol. The van der Waals surface area contributed by atoms with Gasteiger partial charge in [-0.25, -0.2) is 0 Å². The zero-order valence-electron chi connectivity index (χ0n) is 12.7. The summed E-state index contributed by atoms with van der Waals surface area (Å²) in [4.78, 5) is 13.5. The normalized spacial score (nSPS) is 19.9. The molecule has 1 heterocycles. The predicted molar refractivity (Wildman–Crippen MR) is 97.1 cm³/mol. The lowest BCUT2D eigenvalue weighted by Crippen LogP contribution is -2.48. The largest absolute Gasteiger partial charge is 0.314 e. The van der Waals surface area contributed by atoms with Crippen LogP contribution in [0.2, 0.25) is 5.02 Å². The summed E-state index contributed by atoms with van der Waals surface area (Å²) < 4.78 is 0. The lowest BCUT2D eigenvalue weighted by molar-refractivity contribution is -0.386. The molecule has 1 aliphatic carbocycles. The van der Waals surface area contributed by atoms with Crippen molar-refractivity contribution < 1.29 is 4.92 Å². The third kappa shape index (κ3) is 4.48. The summed E-state index contributed by atoms with van der Waals surface area (Å²) in [5.74, 6) is 0.514. The first-order chi connectivity index (χ1) is 10.2. The van der Waals surface area contributed by atoms with Crippen molar-refractivity contribution in [1.29, 1.82) is 0 Å². The van der Waals surface area contributed by atoms with E-state index >= 15 is 0 Å². The Labute approximate surface area is 153 Å². The van der Waals surface area contributed by atoms with Crippen molar-refractivity contribution in [3.8, 4) is 0 Å². The molecule has 3 rings (SSSR count). The Bertz CT molecular complexity index is 535. The molecule has 8 heteroatoms. The molecule has 0 radical (unpaired) electrons. The molecular formula is C15H22Cl3N3O2. The number of hydrogen-bond donors (Lipinski definition) is 1. The number of rotatable bonds is 4.